The minimum absolute atomic E-state index is 0.0115. The molecule has 0 aromatic carbocycles. The Kier molecular flexibility index (Phi) is 7.59. The molecule has 2 heterocycles. The molecule has 9 aliphatic rings. The molecule has 15 nitrogen and oxygen atoms in total. The lowest BCUT2D eigenvalue weighted by Gasteiger charge is -2.63. The smallest absolute Gasteiger partial charge is 0.338 e. The fraction of sp³-hybridized carbons (Fsp3) is 0.650. The number of esters is 5. The summed E-state index contributed by atoms with van der Waals surface area (Å²) in [4.78, 5) is 86.7. The highest BCUT2D eigenvalue weighted by molar-refractivity contribution is 6.12. The number of fused-ring (bicyclic) bond motifs is 7. The molecule has 12 atom stereocenters. The number of carbonyl (C=O) groups is 6. The lowest BCUT2D eigenvalue weighted by atomic mass is 9.43. The van der Waals surface area contributed by atoms with Crippen molar-refractivity contribution in [2.45, 2.75) is 89.1 Å². The van der Waals surface area contributed by atoms with Crippen LogP contribution in [0.15, 0.2) is 45.1 Å². The zero-order valence-electron chi connectivity index (χ0n) is 31.2. The molecule has 12 unspecified atom stereocenters. The third-order valence-corrected chi connectivity index (χ3v) is 15.4. The molecule has 2 aliphatic heterocycles. The first kappa shape index (κ1) is 36.5. The second-order valence-corrected chi connectivity index (χ2v) is 17.4. The van der Waals surface area contributed by atoms with E-state index in [1.807, 2.05) is 6.92 Å². The average Bonchev–Trinajstić information content (AvgIpc) is 4.08. The maximum atomic E-state index is 14.7. The van der Waals surface area contributed by atoms with Gasteiger partial charge < -0.3 is 33.9 Å². The van der Waals surface area contributed by atoms with Crippen LogP contribution < -0.4 is 0 Å². The van der Waals surface area contributed by atoms with Crippen molar-refractivity contribution in [3.63, 3.8) is 0 Å². The predicted molar refractivity (Wildman–Crippen MR) is 181 cm³/mol. The van der Waals surface area contributed by atoms with Crippen molar-refractivity contribution in [1.29, 1.82) is 0 Å². The Morgan fingerprint density at radius 3 is 2.31 bits per heavy atom. The van der Waals surface area contributed by atoms with Crippen molar-refractivity contribution in [1.82, 2.24) is 0 Å². The first-order chi connectivity index (χ1) is 26.0. The quantitative estimate of drug-likeness (QED) is 0.120. The molecule has 294 valence electrons. The van der Waals surface area contributed by atoms with Crippen molar-refractivity contribution in [2.75, 3.05) is 26.9 Å². The molecule has 0 amide bonds. The van der Waals surface area contributed by atoms with Gasteiger partial charge in [0.15, 0.2) is 11.4 Å². The van der Waals surface area contributed by atoms with Gasteiger partial charge in [0.2, 0.25) is 0 Å². The number of carbonyl (C=O) groups excluding carboxylic acids is 6. The minimum Gasteiger partial charge on any atom is -0.466 e. The van der Waals surface area contributed by atoms with Crippen LogP contribution in [0.5, 0.6) is 0 Å². The molecule has 0 radical (unpaired) electrons. The largest absolute Gasteiger partial charge is 0.466 e. The Morgan fingerprint density at radius 2 is 1.62 bits per heavy atom. The van der Waals surface area contributed by atoms with Crippen LogP contribution in [0.4, 0.5) is 0 Å². The van der Waals surface area contributed by atoms with Crippen LogP contribution >= 0.6 is 0 Å². The molecule has 15 heteroatoms. The number of hydrogen-bond donors (Lipinski definition) is 3. The van der Waals surface area contributed by atoms with Gasteiger partial charge in [0.05, 0.1) is 25.5 Å². The van der Waals surface area contributed by atoms with Crippen molar-refractivity contribution in [2.24, 2.45) is 46.3 Å². The summed E-state index contributed by atoms with van der Waals surface area (Å²) in [6.07, 6.45) is 0.164. The molecule has 9 rings (SSSR count). The van der Waals surface area contributed by atoms with E-state index < -0.39 is 87.8 Å². The van der Waals surface area contributed by atoms with Crippen LogP contribution in [-0.2, 0) is 57.3 Å². The number of cyclic esters (lactones) is 3. The number of ether oxygens (including phenoxy) is 5. The molecule has 5 saturated carbocycles. The molecule has 0 saturated heterocycles. The summed E-state index contributed by atoms with van der Waals surface area (Å²) in [5.74, 6) is -7.35. The molecule has 3 N–H and O–H groups in total. The lowest BCUT2D eigenvalue weighted by molar-refractivity contribution is -0.330. The minimum atomic E-state index is -1.79. The summed E-state index contributed by atoms with van der Waals surface area (Å²) < 4.78 is 28.3. The first-order valence-corrected chi connectivity index (χ1v) is 18.9. The SMILES string of the molecule is COC(=O)C(C)=C1C(=O)C(O)C2(C)C3=C1C14OC(=O)C5=C1CC1C(O)(COC(=O)C(C)=CCOC(=O)CCC(=O)OC5)C5CC5C1(C)C4CC3(OO)C1CC12. The summed E-state index contributed by atoms with van der Waals surface area (Å²) in [5.41, 5.74) is -6.43. The molecular formula is C40H44O15. The topological polar surface area (TPSA) is 218 Å². The molecule has 7 aliphatic carbocycles. The number of aliphatic hydroxyl groups excluding tert-OH is 1. The molecule has 1 spiro atoms. The Hall–Kier alpha value is -4.18. The fourth-order valence-electron chi connectivity index (χ4n) is 12.8. The van der Waals surface area contributed by atoms with Gasteiger partial charge in [0, 0.05) is 39.5 Å². The molecular weight excluding hydrogens is 720 g/mol. The molecule has 5 fully saturated rings. The summed E-state index contributed by atoms with van der Waals surface area (Å²) >= 11 is 0. The van der Waals surface area contributed by atoms with E-state index in [-0.39, 0.29) is 90.4 Å². The molecule has 0 aromatic rings. The third kappa shape index (κ3) is 4.30. The maximum Gasteiger partial charge on any atom is 0.338 e. The van der Waals surface area contributed by atoms with Gasteiger partial charge in [0.1, 0.15) is 37.1 Å². The first-order valence-electron chi connectivity index (χ1n) is 18.9. The summed E-state index contributed by atoms with van der Waals surface area (Å²) in [6.45, 7) is 5.42. The van der Waals surface area contributed by atoms with E-state index in [0.717, 1.165) is 7.11 Å². The normalized spacial score (nSPS) is 46.4. The zero-order chi connectivity index (χ0) is 39.4. The van der Waals surface area contributed by atoms with Crippen molar-refractivity contribution >= 4 is 35.6 Å². The lowest BCUT2D eigenvalue weighted by Crippen LogP contribution is -2.67. The third-order valence-electron chi connectivity index (χ3n) is 15.4. The van der Waals surface area contributed by atoms with Crippen LogP contribution in [0.1, 0.15) is 66.2 Å². The van der Waals surface area contributed by atoms with Gasteiger partial charge in [-0.2, -0.15) is 0 Å². The number of aliphatic hydroxyl groups is 2. The van der Waals surface area contributed by atoms with E-state index >= 15 is 0 Å². The van der Waals surface area contributed by atoms with Gasteiger partial charge in [-0.05, 0) is 85.8 Å². The molecule has 0 aromatic heterocycles. The second-order valence-electron chi connectivity index (χ2n) is 17.4. The van der Waals surface area contributed by atoms with Crippen LogP contribution in [0.25, 0.3) is 0 Å². The summed E-state index contributed by atoms with van der Waals surface area (Å²) in [7, 11) is 1.16. The number of hydrogen-bond acceptors (Lipinski definition) is 15. The van der Waals surface area contributed by atoms with Gasteiger partial charge in [-0.1, -0.05) is 13.8 Å². The number of ketones is 1. The fourth-order valence-corrected chi connectivity index (χ4v) is 12.8. The Labute approximate surface area is 315 Å². The van der Waals surface area contributed by atoms with Crippen LogP contribution in [0.2, 0.25) is 0 Å². The second kappa shape index (κ2) is 11.5. The van der Waals surface area contributed by atoms with Gasteiger partial charge in [-0.25, -0.2) is 19.3 Å². The van der Waals surface area contributed by atoms with E-state index in [1.54, 1.807) is 6.92 Å². The number of rotatable bonds is 2. The van der Waals surface area contributed by atoms with Gasteiger partial charge in [-0.15, -0.1) is 0 Å². The maximum absolute atomic E-state index is 14.7. The van der Waals surface area contributed by atoms with E-state index in [1.165, 1.54) is 19.9 Å². The Bertz CT molecular complexity index is 2040. The van der Waals surface area contributed by atoms with Gasteiger partial charge in [0.25, 0.3) is 0 Å². The Balaban J connectivity index is 1.31. The van der Waals surface area contributed by atoms with E-state index in [2.05, 4.69) is 0 Å². The van der Waals surface area contributed by atoms with Crippen LogP contribution in [-0.4, -0.2) is 101 Å². The van der Waals surface area contributed by atoms with Crippen LogP contribution in [0.3, 0.4) is 0 Å². The van der Waals surface area contributed by atoms with Gasteiger partial charge >= 0.3 is 29.8 Å². The highest BCUT2D eigenvalue weighted by atomic mass is 17.1. The van der Waals surface area contributed by atoms with E-state index in [9.17, 15) is 44.2 Å². The number of methoxy groups -OCH3 is 1. The summed E-state index contributed by atoms with van der Waals surface area (Å²) in [6, 6.07) is 0. The standard InChI is InChI=1S/C40H44O15/c1-16-8-9-51-26(41)6-7-27(42)52-14-18-19-12-24-36(3,20-10-22(20)38(24,48)15-53-33(16)45)25-13-39(55-49)23-11-21(23)37(4)31(39)29(40(19,25)54-35(18)47)28(30(43)32(37)44)17(2)34(46)50-5/h8,20-25,32,44,48-49H,6-7,9-15H2,1-5H3. The highest BCUT2D eigenvalue weighted by Gasteiger charge is 2.86. The predicted octanol–water partition coefficient (Wildman–Crippen LogP) is 1.99. The van der Waals surface area contributed by atoms with Gasteiger partial charge in [-0.3, -0.25) is 19.6 Å². The molecule has 2 bridgehead atoms. The summed E-state index contributed by atoms with van der Waals surface area (Å²) in [5, 5.41) is 35.8. The van der Waals surface area contributed by atoms with Crippen LogP contribution in [0, 0.1) is 46.3 Å². The average molecular weight is 765 g/mol. The molecule has 55 heavy (non-hydrogen) atoms. The monoisotopic (exact) mass is 764 g/mol. The van der Waals surface area contributed by atoms with Crippen molar-refractivity contribution in [3.8, 4) is 0 Å². The Morgan fingerprint density at radius 1 is 0.927 bits per heavy atom. The zero-order valence-corrected chi connectivity index (χ0v) is 31.2. The highest BCUT2D eigenvalue weighted by Crippen LogP contribution is 2.84. The van der Waals surface area contributed by atoms with Crippen molar-refractivity contribution in [3.05, 3.63) is 45.1 Å². The van der Waals surface area contributed by atoms with Crippen molar-refractivity contribution < 1.29 is 72.8 Å². The van der Waals surface area contributed by atoms with E-state index in [0.29, 0.717) is 24.0 Å². The van der Waals surface area contributed by atoms with E-state index in [4.69, 9.17) is 28.6 Å². The number of Topliss-reactive ketones (excluding diaryl/α,β-unsaturated/α-hetero) is 1.